The number of hydrogen-bond acceptors (Lipinski definition) is 3. The van der Waals surface area contributed by atoms with Crippen LogP contribution in [0.15, 0.2) is 59.2 Å². The van der Waals surface area contributed by atoms with E-state index in [-0.39, 0.29) is 17.9 Å². The first-order chi connectivity index (χ1) is 18.5. The first kappa shape index (κ1) is 24.1. The lowest BCUT2D eigenvalue weighted by atomic mass is 9.48. The first-order valence-electron chi connectivity index (χ1n) is 14.7. The number of nitrogens with one attached hydrogen (secondary N) is 2. The molecule has 5 aliphatic carbocycles. The molecule has 1 atom stereocenters. The molecule has 4 saturated carbocycles. The molecule has 8 rings (SSSR count). The van der Waals surface area contributed by atoms with E-state index in [1.54, 1.807) is 12.1 Å². The molecule has 2 aromatic rings. The molecular formula is C33H38FN3O. The summed E-state index contributed by atoms with van der Waals surface area (Å²) in [5, 5.41) is 7.03. The third-order valence-electron chi connectivity index (χ3n) is 9.90. The second-order valence-electron chi connectivity index (χ2n) is 12.8. The maximum Gasteiger partial charge on any atom is 0.221 e. The fourth-order valence-electron chi connectivity index (χ4n) is 8.76. The van der Waals surface area contributed by atoms with Gasteiger partial charge in [-0.05, 0) is 123 Å². The zero-order chi connectivity index (χ0) is 25.7. The number of fused-ring (bicyclic) bond motifs is 2. The molecule has 0 aromatic heterocycles. The van der Waals surface area contributed by atoms with Crippen molar-refractivity contribution in [1.82, 2.24) is 10.6 Å². The average Bonchev–Trinajstić information content (AvgIpc) is 2.88. The molecular weight excluding hydrogens is 473 g/mol. The number of halogens is 1. The summed E-state index contributed by atoms with van der Waals surface area (Å²) in [6.07, 6.45) is 12.7. The quantitative estimate of drug-likeness (QED) is 0.443. The van der Waals surface area contributed by atoms with Crippen molar-refractivity contribution in [1.29, 1.82) is 0 Å². The van der Waals surface area contributed by atoms with Gasteiger partial charge in [-0.1, -0.05) is 30.3 Å². The van der Waals surface area contributed by atoms with Gasteiger partial charge in [-0.15, -0.1) is 0 Å². The molecule has 2 N–H and O–H groups in total. The number of benzene rings is 2. The van der Waals surface area contributed by atoms with Crippen molar-refractivity contribution in [3.05, 3.63) is 76.7 Å². The number of nitrogens with zero attached hydrogens (tertiary/aromatic N) is 1. The van der Waals surface area contributed by atoms with Crippen LogP contribution in [0.2, 0.25) is 0 Å². The maximum absolute atomic E-state index is 14.0. The smallest absolute Gasteiger partial charge is 0.221 e. The lowest BCUT2D eigenvalue weighted by Gasteiger charge is -2.57. The van der Waals surface area contributed by atoms with Crippen molar-refractivity contribution in [2.75, 3.05) is 0 Å². The summed E-state index contributed by atoms with van der Waals surface area (Å²) >= 11 is 0. The van der Waals surface area contributed by atoms with E-state index in [4.69, 9.17) is 4.99 Å². The highest BCUT2D eigenvalue weighted by Gasteiger charge is 2.51. The number of rotatable bonds is 7. The lowest BCUT2D eigenvalue weighted by molar-refractivity contribution is -0.121. The van der Waals surface area contributed by atoms with Crippen LogP contribution in [0.1, 0.15) is 80.9 Å². The summed E-state index contributed by atoms with van der Waals surface area (Å²) < 4.78 is 14.0. The number of amides is 1. The predicted molar refractivity (Wildman–Crippen MR) is 149 cm³/mol. The molecule has 4 bridgehead atoms. The predicted octanol–water partition coefficient (Wildman–Crippen LogP) is 6.56. The third-order valence-corrected chi connectivity index (χ3v) is 9.90. The summed E-state index contributed by atoms with van der Waals surface area (Å²) in [6.45, 7) is 0. The highest BCUT2D eigenvalue weighted by Crippen LogP contribution is 2.61. The number of carbonyl (C=O) groups is 1. The minimum absolute atomic E-state index is 0.0824. The molecule has 4 nitrogen and oxygen atoms in total. The van der Waals surface area contributed by atoms with Crippen LogP contribution in [0, 0.1) is 29.0 Å². The van der Waals surface area contributed by atoms with Gasteiger partial charge in [-0.25, -0.2) is 4.39 Å². The molecule has 6 aliphatic rings. The Bertz CT molecular complexity index is 1260. The topological polar surface area (TPSA) is 53.5 Å². The number of hydrogen-bond donors (Lipinski definition) is 2. The summed E-state index contributed by atoms with van der Waals surface area (Å²) in [5.41, 5.74) is 6.77. The van der Waals surface area contributed by atoms with E-state index in [2.05, 4.69) is 34.9 Å². The molecule has 0 radical (unpaired) electrons. The van der Waals surface area contributed by atoms with Crippen molar-refractivity contribution in [2.24, 2.45) is 28.2 Å². The van der Waals surface area contributed by atoms with Gasteiger partial charge in [0, 0.05) is 17.7 Å². The maximum atomic E-state index is 14.0. The second-order valence-corrected chi connectivity index (χ2v) is 12.8. The van der Waals surface area contributed by atoms with Crippen LogP contribution >= 0.6 is 0 Å². The minimum atomic E-state index is -0.257. The molecule has 38 heavy (non-hydrogen) atoms. The first-order valence-corrected chi connectivity index (χ1v) is 14.7. The van der Waals surface area contributed by atoms with Gasteiger partial charge in [0.1, 0.15) is 12.0 Å². The van der Waals surface area contributed by atoms with Crippen LogP contribution in [0.3, 0.4) is 0 Å². The molecule has 1 heterocycles. The van der Waals surface area contributed by atoms with Gasteiger partial charge in [0.2, 0.25) is 5.91 Å². The minimum Gasteiger partial charge on any atom is -0.362 e. The second kappa shape index (κ2) is 9.66. The standard InChI is InChI=1S/C33H38FN3O/c34-26-10-11-27-25(16-26)9-12-28-31(27)35-29(20-33-17-22-13-23(18-33)15-24(14-22)19-33)32(36-28)37-30(38)8-4-7-21-5-2-1-3-6-21/h1-3,5-6,10-11,16,22-24,32,36H,4,7-9,12-15,17-20H2,(H,37,38). The lowest BCUT2D eigenvalue weighted by Crippen LogP contribution is -2.55. The third kappa shape index (κ3) is 4.69. The largest absolute Gasteiger partial charge is 0.362 e. The fourth-order valence-corrected chi connectivity index (χ4v) is 8.76. The number of aliphatic imine (C=N–C) groups is 1. The van der Waals surface area contributed by atoms with Gasteiger partial charge in [-0.2, -0.15) is 0 Å². The summed E-state index contributed by atoms with van der Waals surface area (Å²) in [7, 11) is 0. The van der Waals surface area contributed by atoms with Crippen molar-refractivity contribution < 1.29 is 9.18 Å². The molecule has 0 spiro atoms. The van der Waals surface area contributed by atoms with Gasteiger partial charge >= 0.3 is 0 Å². The zero-order valence-electron chi connectivity index (χ0n) is 22.1. The molecule has 198 valence electrons. The molecule has 5 heteroatoms. The van der Waals surface area contributed by atoms with Gasteiger partial charge in [0.15, 0.2) is 0 Å². The fraction of sp³-hybridized carbons (Fsp3) is 0.515. The van der Waals surface area contributed by atoms with Crippen LogP contribution in [-0.4, -0.2) is 17.8 Å². The summed E-state index contributed by atoms with van der Waals surface area (Å²) in [5.74, 6) is 2.52. The zero-order valence-corrected chi connectivity index (χ0v) is 22.1. The van der Waals surface area contributed by atoms with Crippen molar-refractivity contribution >= 4 is 17.3 Å². The van der Waals surface area contributed by atoms with Crippen LogP contribution < -0.4 is 10.6 Å². The number of carbonyl (C=O) groups excluding carboxylic acids is 1. The molecule has 0 saturated heterocycles. The van der Waals surface area contributed by atoms with Gasteiger partial charge < -0.3 is 10.6 Å². The Morgan fingerprint density at radius 2 is 1.74 bits per heavy atom. The van der Waals surface area contributed by atoms with Crippen molar-refractivity contribution in [2.45, 2.75) is 83.2 Å². The van der Waals surface area contributed by atoms with Crippen LogP contribution in [0.5, 0.6) is 0 Å². The van der Waals surface area contributed by atoms with E-state index in [9.17, 15) is 9.18 Å². The van der Waals surface area contributed by atoms with E-state index < -0.39 is 0 Å². The molecule has 1 aliphatic heterocycles. The Morgan fingerprint density at radius 1 is 1.00 bits per heavy atom. The van der Waals surface area contributed by atoms with E-state index in [1.807, 2.05) is 12.1 Å². The van der Waals surface area contributed by atoms with E-state index >= 15 is 0 Å². The van der Waals surface area contributed by atoms with Gasteiger partial charge in [0.25, 0.3) is 0 Å². The molecule has 1 amide bonds. The van der Waals surface area contributed by atoms with Crippen LogP contribution in [-0.2, 0) is 17.6 Å². The number of allylic oxidation sites excluding steroid dienone is 1. The average molecular weight is 512 g/mol. The Labute approximate surface area is 225 Å². The SMILES string of the molecule is O=C(CCCc1ccccc1)NC1NC2=C(N=C1CC13CC4CC(CC(C4)C1)C3)c1ccc(F)cc1CC2. The molecule has 2 aromatic carbocycles. The normalized spacial score (nSPS) is 30.8. The Hall–Kier alpha value is -2.95. The van der Waals surface area contributed by atoms with E-state index in [1.165, 1.54) is 44.1 Å². The monoisotopic (exact) mass is 511 g/mol. The number of aryl methyl sites for hydroxylation is 2. The molecule has 4 fully saturated rings. The van der Waals surface area contributed by atoms with Gasteiger partial charge in [0.05, 0.1) is 11.4 Å². The Balaban J connectivity index is 1.13. The van der Waals surface area contributed by atoms with Crippen LogP contribution in [0.4, 0.5) is 4.39 Å². The van der Waals surface area contributed by atoms with E-state index in [0.717, 1.165) is 78.1 Å². The Kier molecular flexibility index (Phi) is 6.13. The van der Waals surface area contributed by atoms with Crippen LogP contribution in [0.25, 0.3) is 5.70 Å². The highest BCUT2D eigenvalue weighted by molar-refractivity contribution is 5.99. The van der Waals surface area contributed by atoms with Gasteiger partial charge in [-0.3, -0.25) is 9.79 Å². The van der Waals surface area contributed by atoms with E-state index in [0.29, 0.717) is 11.8 Å². The van der Waals surface area contributed by atoms with Crippen molar-refractivity contribution in [3.8, 4) is 0 Å². The highest BCUT2D eigenvalue weighted by atomic mass is 19.1. The molecule has 1 unspecified atom stereocenters. The summed E-state index contributed by atoms with van der Waals surface area (Å²) in [6, 6.07) is 15.5. The Morgan fingerprint density at radius 3 is 2.47 bits per heavy atom. The summed E-state index contributed by atoms with van der Waals surface area (Å²) in [4.78, 5) is 18.5. The van der Waals surface area contributed by atoms with Crippen molar-refractivity contribution in [3.63, 3.8) is 0 Å².